The Hall–Kier alpha value is 0.558. The lowest BCUT2D eigenvalue weighted by molar-refractivity contribution is -0.267. The van der Waals surface area contributed by atoms with Crippen molar-refractivity contribution in [3.05, 3.63) is 24.5 Å². The molecule has 14 heteroatoms. The molecule has 12 atom stereocenters. The van der Waals surface area contributed by atoms with E-state index in [0.29, 0.717) is 0 Å². The molecule has 4 saturated heterocycles. The van der Waals surface area contributed by atoms with Crippen LogP contribution in [0.4, 0.5) is 0 Å². The third-order valence-corrected chi connectivity index (χ3v) is 37.3. The van der Waals surface area contributed by atoms with Crippen LogP contribution in [-0.2, 0) is 36.7 Å². The second-order valence-corrected chi connectivity index (χ2v) is 45.6. The van der Waals surface area contributed by atoms with Crippen LogP contribution in [0.25, 0.3) is 0 Å². The first-order valence-corrected chi connectivity index (χ1v) is 39.5. The summed E-state index contributed by atoms with van der Waals surface area (Å²) in [5.41, 5.74) is -0.260. The minimum atomic E-state index is -2.39. The lowest BCUT2D eigenvalue weighted by Crippen LogP contribution is -2.69. The first-order valence-electron chi connectivity index (χ1n) is 26.7. The summed E-state index contributed by atoms with van der Waals surface area (Å²) < 4.78 is 59.1. The molecule has 4 aliphatic rings. The van der Waals surface area contributed by atoms with Crippen molar-refractivity contribution in [3.63, 3.8) is 0 Å². The summed E-state index contributed by atoms with van der Waals surface area (Å²) in [5, 5.41) is 9.97. The maximum absolute atomic E-state index is 10.0. The van der Waals surface area contributed by atoms with Gasteiger partial charge in [-0.05, 0) is 130 Å². The summed E-state index contributed by atoms with van der Waals surface area (Å²) in [5.74, 6) is 0.272. The number of fused-ring (bicyclic) bond motifs is 2. The van der Waals surface area contributed by atoms with E-state index in [1.165, 1.54) is 0 Å². The average Bonchev–Trinajstić information content (AvgIpc) is 3.59. The normalized spacial score (nSPS) is 31.4. The van der Waals surface area contributed by atoms with E-state index in [9.17, 15) is 5.11 Å². The van der Waals surface area contributed by atoms with Crippen LogP contribution in [-0.4, -0.2) is 116 Å². The Kier molecular flexibility index (Phi) is 21.4. The minimum absolute atomic E-state index is 0.00344. The highest BCUT2D eigenvalue weighted by atomic mass is 127. The van der Waals surface area contributed by atoms with E-state index in [1.807, 2.05) is 6.92 Å². The first-order chi connectivity index (χ1) is 30.8. The van der Waals surface area contributed by atoms with Crippen molar-refractivity contribution in [1.82, 2.24) is 0 Å². The van der Waals surface area contributed by atoms with Gasteiger partial charge in [-0.2, -0.15) is 0 Å². The van der Waals surface area contributed by atoms with E-state index in [4.69, 9.17) is 36.7 Å². The monoisotopic (exact) mass is 1120 g/mol. The van der Waals surface area contributed by atoms with Gasteiger partial charge in [0.2, 0.25) is 0 Å². The molecule has 0 amide bonds. The SMILES string of the molecule is C=C(O)[C@H](C)CC1CC[C@@H]2OC(CCC/C=C/[C@H](O[Si](C)(C)C(C)(C)C)[C@@H]3O[C@H]4CC[C@H](CCO[Si](CC)(CC)CC)O[C@@H]4C(O[Si](C)(C)C(C)(C)C)C3O[Si](C)(C)C(C)(C)C)CC2(CI)O1. The number of ether oxygens (including phenoxy) is 4. The van der Waals surface area contributed by atoms with E-state index in [-0.39, 0.29) is 93.4 Å². The molecule has 4 heterocycles. The quantitative estimate of drug-likeness (QED) is 0.0268. The van der Waals surface area contributed by atoms with Crippen LogP contribution in [0.15, 0.2) is 24.5 Å². The Morgan fingerprint density at radius 2 is 1.33 bits per heavy atom. The number of hydrogen-bond donors (Lipinski definition) is 1. The fraction of sp³-hybridized carbons (Fsp3) is 0.925. The number of rotatable bonds is 23. The lowest BCUT2D eigenvalue weighted by atomic mass is 9.85. The molecule has 392 valence electrons. The molecule has 0 spiro atoms. The predicted octanol–water partition coefficient (Wildman–Crippen LogP) is 15.2. The fourth-order valence-corrected chi connectivity index (χ4v) is 17.3. The number of allylic oxidation sites excluding steroid dienone is 2. The second-order valence-electron chi connectivity index (χ2n) is 25.8. The topological polar surface area (TPSA) is 94.1 Å². The molecule has 0 bridgehead atoms. The van der Waals surface area contributed by atoms with Crippen molar-refractivity contribution in [2.75, 3.05) is 11.0 Å². The predicted molar refractivity (Wildman–Crippen MR) is 298 cm³/mol. The van der Waals surface area contributed by atoms with Crippen LogP contribution in [0.2, 0.25) is 72.5 Å². The van der Waals surface area contributed by atoms with Crippen LogP contribution in [0.3, 0.4) is 0 Å². The third-order valence-electron chi connectivity index (χ3n) is 17.9. The summed E-state index contributed by atoms with van der Waals surface area (Å²) in [4.78, 5) is 0. The van der Waals surface area contributed by atoms with Gasteiger partial charge in [0.1, 0.15) is 30.0 Å². The van der Waals surface area contributed by atoms with Gasteiger partial charge in [-0.25, -0.2) is 0 Å². The molecule has 5 unspecified atom stereocenters. The number of unbranched alkanes of at least 4 members (excludes halogenated alkanes) is 1. The van der Waals surface area contributed by atoms with Gasteiger partial charge in [-0.3, -0.25) is 0 Å². The van der Waals surface area contributed by atoms with Gasteiger partial charge in [0, 0.05) is 23.4 Å². The molecule has 9 nitrogen and oxygen atoms in total. The van der Waals surface area contributed by atoms with Crippen LogP contribution in [0.1, 0.15) is 154 Å². The largest absolute Gasteiger partial charge is 0.513 e. The van der Waals surface area contributed by atoms with E-state index in [1.54, 1.807) is 0 Å². The fourth-order valence-electron chi connectivity index (χ4n) is 9.79. The Labute approximate surface area is 429 Å². The van der Waals surface area contributed by atoms with Gasteiger partial charge >= 0.3 is 0 Å². The van der Waals surface area contributed by atoms with E-state index in [2.05, 4.69) is 164 Å². The molecule has 0 radical (unpaired) electrons. The van der Waals surface area contributed by atoms with Gasteiger partial charge in [0.05, 0.1) is 42.4 Å². The van der Waals surface area contributed by atoms with Gasteiger partial charge in [0.15, 0.2) is 33.3 Å². The Bertz CT molecular complexity index is 1580. The maximum atomic E-state index is 10.0. The van der Waals surface area contributed by atoms with Crippen molar-refractivity contribution >= 4 is 55.9 Å². The summed E-state index contributed by atoms with van der Waals surface area (Å²) in [6.45, 7) is 48.7. The molecule has 1 N–H and O–H groups in total. The van der Waals surface area contributed by atoms with Gasteiger partial charge in [-0.15, -0.1) is 0 Å². The minimum Gasteiger partial charge on any atom is -0.513 e. The molecular formula is C53H103IO9Si4. The Morgan fingerprint density at radius 1 is 0.761 bits per heavy atom. The van der Waals surface area contributed by atoms with Crippen molar-refractivity contribution in [2.24, 2.45) is 5.92 Å². The summed E-state index contributed by atoms with van der Waals surface area (Å²) >= 11 is 2.49. The zero-order valence-corrected chi connectivity index (χ0v) is 52.6. The zero-order chi connectivity index (χ0) is 50.6. The van der Waals surface area contributed by atoms with Crippen molar-refractivity contribution < 1.29 is 41.8 Å². The van der Waals surface area contributed by atoms with Gasteiger partial charge < -0.3 is 41.8 Å². The highest BCUT2D eigenvalue weighted by molar-refractivity contribution is 14.1. The van der Waals surface area contributed by atoms with Crippen LogP contribution in [0.5, 0.6) is 0 Å². The third kappa shape index (κ3) is 15.1. The number of hydrogen-bond acceptors (Lipinski definition) is 9. The summed E-state index contributed by atoms with van der Waals surface area (Å²) in [6, 6.07) is 3.46. The highest BCUT2D eigenvalue weighted by Crippen LogP contribution is 2.48. The first kappa shape index (κ1) is 60.1. The number of aliphatic hydroxyl groups excluding tert-OH is 1. The van der Waals surface area contributed by atoms with Crippen LogP contribution in [0, 0.1) is 5.92 Å². The van der Waals surface area contributed by atoms with Crippen molar-refractivity contribution in [3.8, 4) is 0 Å². The summed E-state index contributed by atoms with van der Waals surface area (Å²) in [6.07, 6.45) is 12.7. The van der Waals surface area contributed by atoms with Gasteiger partial charge in [0.25, 0.3) is 0 Å². The zero-order valence-electron chi connectivity index (χ0n) is 46.4. The van der Waals surface area contributed by atoms with Crippen LogP contribution < -0.4 is 0 Å². The van der Waals surface area contributed by atoms with E-state index in [0.717, 1.165) is 93.4 Å². The molecule has 0 aromatic heterocycles. The van der Waals surface area contributed by atoms with E-state index < -0.39 is 33.3 Å². The average molecular weight is 1120 g/mol. The second kappa shape index (κ2) is 23.8. The van der Waals surface area contributed by atoms with Crippen molar-refractivity contribution in [1.29, 1.82) is 0 Å². The smallest absolute Gasteiger partial charge is 0.193 e. The number of aliphatic hydroxyl groups is 1. The number of halogens is 1. The lowest BCUT2D eigenvalue weighted by Gasteiger charge is -2.56. The van der Waals surface area contributed by atoms with Gasteiger partial charge in [-0.1, -0.05) is 131 Å². The maximum Gasteiger partial charge on any atom is 0.193 e. The molecule has 0 aliphatic carbocycles. The molecule has 67 heavy (non-hydrogen) atoms. The standard InChI is InChI=1S/C53H103IO9Si4/c1-21-67(22-2,23-3)56-34-33-40-29-31-43-46(58-40)48(62-65(17,18)51(9,10)11)49(63-66(19,20)52(12,13)14)47(59-43)44(61-64(15,16)50(6,7)8)28-26-24-25-27-42-36-53(37-54)45(57-42)32-30-41(60-53)35-38(4)39(5)55/h26,28,38,40-49,55H,5,21-25,27,29-37H2,1-4,6-20H3/b28-26+/t38-,40-,41?,42?,43+,44+,45+,46+,47+,48?,49?,53?/m1/s1. The summed E-state index contributed by atoms with van der Waals surface area (Å²) in [7, 11) is -8.77. The van der Waals surface area contributed by atoms with E-state index >= 15 is 0 Å². The Morgan fingerprint density at radius 3 is 1.87 bits per heavy atom. The van der Waals surface area contributed by atoms with Crippen molar-refractivity contribution in [2.45, 2.75) is 293 Å². The molecular weight excluding hydrogens is 1020 g/mol. The molecule has 0 saturated carbocycles. The highest BCUT2D eigenvalue weighted by Gasteiger charge is 2.58. The molecule has 0 aromatic carbocycles. The molecule has 0 aromatic rings. The molecule has 4 rings (SSSR count). The van der Waals surface area contributed by atoms with Crippen LogP contribution >= 0.6 is 22.6 Å². The molecule has 4 fully saturated rings. The number of alkyl halides is 1. The molecule has 4 aliphatic heterocycles. The Balaban J connectivity index is 1.66.